The molecule has 0 fully saturated rings. The van der Waals surface area contributed by atoms with E-state index in [9.17, 15) is 0 Å². The van der Waals surface area contributed by atoms with Crippen molar-refractivity contribution in [3.8, 4) is 0 Å². The Kier molecular flexibility index (Phi) is 9.82. The molecule has 0 unspecified atom stereocenters. The van der Waals surface area contributed by atoms with Crippen LogP contribution in [0.25, 0.3) is 0 Å². The average Bonchev–Trinajstić information content (AvgIpc) is 2.64. The van der Waals surface area contributed by atoms with Gasteiger partial charge in [0.2, 0.25) is 0 Å². The maximum Gasteiger partial charge on any atom is 0.128 e. The average molecular weight is 699 g/mol. The molecule has 1 aliphatic heterocycles. The van der Waals surface area contributed by atoms with Crippen LogP contribution >= 0.6 is 0 Å². The smallest absolute Gasteiger partial charge is 0.0693 e. The summed E-state index contributed by atoms with van der Waals surface area (Å²) < 4.78 is 0.419. The zero-order valence-electron chi connectivity index (χ0n) is 32.5. The predicted octanol–water partition coefficient (Wildman–Crippen LogP) is 10.4. The Morgan fingerprint density at radius 3 is 1.19 bits per heavy atom. The molecule has 0 saturated heterocycles. The Hall–Kier alpha value is -0.0418. The van der Waals surface area contributed by atoms with Crippen LogP contribution in [0.1, 0.15) is 43.7 Å². The zero-order valence-corrected chi connectivity index (χ0v) is 39.5. The molecule has 43 heavy (non-hydrogen) atoms. The summed E-state index contributed by atoms with van der Waals surface area (Å²) in [6, 6.07) is 10.9. The van der Waals surface area contributed by atoms with E-state index in [1.54, 1.807) is 21.9 Å². The van der Waals surface area contributed by atoms with E-state index in [-0.39, 0.29) is 0 Å². The molecule has 0 spiro atoms. The second-order valence-corrected chi connectivity index (χ2v) is 57.7. The lowest BCUT2D eigenvalue weighted by molar-refractivity contribution is 0.989. The lowest BCUT2D eigenvalue weighted by Gasteiger charge is -2.65. The molecule has 7 heteroatoms. The SMILES string of the molecule is Cc1cc(C)c([Si]2c3c(C([Si](C)(C)C)[Si](C)(C)C)cc(C([Si](C)(C)C)[Si](C)(C)C)cc3C2([Si](C)(C)C)[Si](C)(C)C)c(C)c1. The molecule has 0 saturated carbocycles. The number of benzene rings is 2. The van der Waals surface area contributed by atoms with Crippen molar-refractivity contribution in [3.63, 3.8) is 0 Å². The summed E-state index contributed by atoms with van der Waals surface area (Å²) in [5.41, 5.74) is 10.1. The highest BCUT2D eigenvalue weighted by Crippen LogP contribution is 2.53. The summed E-state index contributed by atoms with van der Waals surface area (Å²) in [7, 11) is -10.3. The van der Waals surface area contributed by atoms with Crippen molar-refractivity contribution in [2.45, 2.75) is 153 Å². The highest BCUT2D eigenvalue weighted by molar-refractivity contribution is 7.19. The van der Waals surface area contributed by atoms with Gasteiger partial charge in [0, 0.05) is 32.3 Å². The largest absolute Gasteiger partial charge is 0.128 e. The summed E-state index contributed by atoms with van der Waals surface area (Å²) in [6.45, 7) is 55.9. The van der Waals surface area contributed by atoms with Gasteiger partial charge in [0.1, 0.15) is 8.80 Å². The summed E-state index contributed by atoms with van der Waals surface area (Å²) in [5.74, 6) is 0. The Labute approximate surface area is 277 Å². The molecule has 0 N–H and O–H groups in total. The second kappa shape index (κ2) is 11.3. The van der Waals surface area contributed by atoms with Crippen LogP contribution in [-0.4, -0.2) is 57.2 Å². The lowest BCUT2D eigenvalue weighted by atomic mass is 10.1. The fourth-order valence-electron chi connectivity index (χ4n) is 11.0. The minimum atomic E-state index is -1.66. The van der Waals surface area contributed by atoms with E-state index in [2.05, 4.69) is 163 Å². The number of hydrogen-bond donors (Lipinski definition) is 0. The third-order valence-electron chi connectivity index (χ3n) is 10.5. The molecule has 0 bridgehead atoms. The summed E-state index contributed by atoms with van der Waals surface area (Å²) >= 11 is 0. The van der Waals surface area contributed by atoms with Crippen molar-refractivity contribution < 1.29 is 0 Å². The van der Waals surface area contributed by atoms with E-state index >= 15 is 0 Å². The summed E-state index contributed by atoms with van der Waals surface area (Å²) in [6.07, 6.45) is 0. The van der Waals surface area contributed by atoms with Gasteiger partial charge >= 0.3 is 0 Å². The minimum Gasteiger partial charge on any atom is -0.0693 e. The van der Waals surface area contributed by atoms with Gasteiger partial charge in [-0.1, -0.05) is 164 Å². The van der Waals surface area contributed by atoms with Gasteiger partial charge in [0.05, 0.1) is 16.1 Å². The molecule has 1 radical (unpaired) electrons. The quantitative estimate of drug-likeness (QED) is 0.229. The van der Waals surface area contributed by atoms with Crippen LogP contribution in [0.3, 0.4) is 0 Å². The normalized spacial score (nSPS) is 17.0. The van der Waals surface area contributed by atoms with Crippen molar-refractivity contribution in [2.24, 2.45) is 0 Å². The van der Waals surface area contributed by atoms with Gasteiger partial charge < -0.3 is 0 Å². The Morgan fingerprint density at radius 2 is 0.860 bits per heavy atom. The van der Waals surface area contributed by atoms with Crippen molar-refractivity contribution in [2.75, 3.05) is 0 Å². The standard InChI is InChI=1S/C36H69Si7/c1-26-22-27(2)32(28(3)23-26)37-33-30(35(40(10,11)12)41(13,14)15)24-29(34(38(4,5)6)39(7,8)9)25-31(33)36(37,42(16,17)18)43(19,20)21/h22-25,34-35H,1-21H3. The minimum absolute atomic E-state index is 0.419. The van der Waals surface area contributed by atoms with Crippen molar-refractivity contribution in [1.82, 2.24) is 0 Å². The van der Waals surface area contributed by atoms with Crippen LogP contribution in [0, 0.1) is 20.8 Å². The molecular formula is C36H69Si7. The van der Waals surface area contributed by atoms with E-state index < -0.39 is 57.2 Å². The molecule has 0 aliphatic carbocycles. The first kappa shape index (κ1) is 37.4. The second-order valence-electron chi connectivity index (χ2n) is 20.8. The molecule has 0 atom stereocenters. The third kappa shape index (κ3) is 6.44. The first-order valence-electron chi connectivity index (χ1n) is 17.0. The lowest BCUT2D eigenvalue weighted by Crippen LogP contribution is -2.86. The number of rotatable bonds is 9. The van der Waals surface area contributed by atoms with Gasteiger partial charge in [0.25, 0.3) is 0 Å². The van der Waals surface area contributed by atoms with E-state index in [4.69, 9.17) is 0 Å². The van der Waals surface area contributed by atoms with Crippen LogP contribution in [0.4, 0.5) is 0 Å². The summed E-state index contributed by atoms with van der Waals surface area (Å²) in [4.78, 5) is 0. The van der Waals surface area contributed by atoms with Crippen LogP contribution in [0.5, 0.6) is 0 Å². The van der Waals surface area contributed by atoms with Gasteiger partial charge in [-0.2, -0.15) is 0 Å². The molecule has 2 aromatic rings. The molecular weight excluding hydrogens is 629 g/mol. The first-order chi connectivity index (χ1) is 18.9. The zero-order chi connectivity index (χ0) is 33.7. The van der Waals surface area contributed by atoms with E-state index in [0.717, 1.165) is 10.3 Å². The van der Waals surface area contributed by atoms with E-state index in [0.29, 0.717) is 4.28 Å². The molecule has 2 aromatic carbocycles. The van der Waals surface area contributed by atoms with E-state index in [1.807, 2.05) is 16.3 Å². The topological polar surface area (TPSA) is 0 Å². The fraction of sp³-hybridized carbons (Fsp3) is 0.667. The highest BCUT2D eigenvalue weighted by atomic mass is 28.4. The van der Waals surface area contributed by atoms with Gasteiger partial charge in [0.15, 0.2) is 0 Å². The van der Waals surface area contributed by atoms with Crippen molar-refractivity contribution in [3.05, 3.63) is 57.6 Å². The monoisotopic (exact) mass is 697 g/mol. The number of fused-ring (bicyclic) bond motifs is 1. The van der Waals surface area contributed by atoms with Crippen molar-refractivity contribution >= 4 is 67.6 Å². The number of hydrogen-bond acceptors (Lipinski definition) is 0. The maximum absolute atomic E-state index is 2.91. The molecule has 0 aromatic heterocycles. The van der Waals surface area contributed by atoms with Gasteiger partial charge in [-0.3, -0.25) is 0 Å². The Balaban J connectivity index is 2.74. The van der Waals surface area contributed by atoms with Crippen LogP contribution < -0.4 is 10.4 Å². The highest BCUT2D eigenvalue weighted by Gasteiger charge is 2.68. The van der Waals surface area contributed by atoms with E-state index in [1.165, 1.54) is 5.56 Å². The predicted molar refractivity (Wildman–Crippen MR) is 219 cm³/mol. The molecule has 241 valence electrons. The fourth-order valence-corrected chi connectivity index (χ4v) is 58.8. The molecule has 3 rings (SSSR count). The van der Waals surface area contributed by atoms with Gasteiger partial charge in [-0.15, -0.1) is 0 Å². The Bertz CT molecular complexity index is 1280. The Morgan fingerprint density at radius 1 is 0.488 bits per heavy atom. The van der Waals surface area contributed by atoms with Gasteiger partial charge in [-0.05, 0) is 56.9 Å². The third-order valence-corrected chi connectivity index (χ3v) is 48.0. The molecule has 1 aliphatic rings. The molecule has 0 amide bonds. The first-order valence-corrected chi connectivity index (χ1v) is 39.9. The van der Waals surface area contributed by atoms with Crippen LogP contribution in [0.2, 0.25) is 118 Å². The van der Waals surface area contributed by atoms with Gasteiger partial charge in [-0.25, -0.2) is 0 Å². The summed E-state index contributed by atoms with van der Waals surface area (Å²) in [5, 5.41) is 5.27. The van der Waals surface area contributed by atoms with Crippen LogP contribution in [-0.2, 0) is 4.28 Å². The molecule has 0 nitrogen and oxygen atoms in total. The maximum atomic E-state index is 2.91. The number of aryl methyl sites for hydroxylation is 3. The van der Waals surface area contributed by atoms with Crippen LogP contribution in [0.15, 0.2) is 24.3 Å². The molecule has 1 heterocycles. The van der Waals surface area contributed by atoms with Crippen molar-refractivity contribution in [1.29, 1.82) is 0 Å².